The Morgan fingerprint density at radius 2 is 1.76 bits per heavy atom. The number of likely N-dealkylation sites (tertiary alicyclic amines) is 1. The molecule has 0 bridgehead atoms. The highest BCUT2D eigenvalue weighted by Gasteiger charge is 2.35. The number of ether oxygens (including phenoxy) is 4. The fraction of sp³-hybridized carbons (Fsp3) is 0.519. The molecule has 1 saturated carbocycles. The van der Waals surface area contributed by atoms with E-state index in [4.69, 9.17) is 18.9 Å². The quantitative estimate of drug-likeness (QED) is 0.530. The second kappa shape index (κ2) is 10.2. The Balaban J connectivity index is 1.16. The molecular weight excluding hydrogens is 432 g/mol. The van der Waals surface area contributed by atoms with Crippen molar-refractivity contribution >= 4 is 11.6 Å². The highest BCUT2D eigenvalue weighted by atomic mass is 16.5. The summed E-state index contributed by atoms with van der Waals surface area (Å²) in [6, 6.07) is 13.9. The topological polar surface area (TPSA) is 60.5 Å². The summed E-state index contributed by atoms with van der Waals surface area (Å²) < 4.78 is 23.0. The summed E-state index contributed by atoms with van der Waals surface area (Å²) in [6.07, 6.45) is 4.12. The molecule has 182 valence electrons. The summed E-state index contributed by atoms with van der Waals surface area (Å²) in [6.45, 7) is 4.01. The number of carbonyl (C=O) groups excluding carboxylic acids is 1. The Morgan fingerprint density at radius 1 is 0.941 bits per heavy atom. The van der Waals surface area contributed by atoms with Crippen LogP contribution in [0.25, 0.3) is 0 Å². The summed E-state index contributed by atoms with van der Waals surface area (Å²) in [4.78, 5) is 17.2. The van der Waals surface area contributed by atoms with Crippen molar-refractivity contribution in [3.63, 3.8) is 0 Å². The van der Waals surface area contributed by atoms with E-state index in [-0.39, 0.29) is 5.91 Å². The third-order valence-corrected chi connectivity index (χ3v) is 7.05. The first-order valence-electron chi connectivity index (χ1n) is 12.3. The molecule has 7 heteroatoms. The van der Waals surface area contributed by atoms with Crippen molar-refractivity contribution in [3.05, 3.63) is 48.0 Å². The van der Waals surface area contributed by atoms with Crippen LogP contribution >= 0.6 is 0 Å². The lowest BCUT2D eigenvalue weighted by Crippen LogP contribution is -2.32. The van der Waals surface area contributed by atoms with Gasteiger partial charge in [0.1, 0.15) is 12.4 Å². The third kappa shape index (κ3) is 5.15. The van der Waals surface area contributed by atoms with Gasteiger partial charge in [-0.1, -0.05) is 12.1 Å². The largest absolute Gasteiger partial charge is 0.493 e. The number of rotatable bonds is 10. The first kappa shape index (κ1) is 23.0. The fourth-order valence-electron chi connectivity index (χ4n) is 4.84. The lowest BCUT2D eigenvalue weighted by atomic mass is 10.1. The standard InChI is InChI=1S/C27H34N2O5/c1-31-23-11-13-28(18-23)15-16-33-24-10-7-21(17-26(24)32-2)29-14-12-25(27(29)30)34-22-8-5-20(6-9-22)19-3-4-19/h5-10,17,19,23,25H,3-4,11-16,18H2,1-2H3/t23?,25-/m0/s1. The predicted octanol–water partition coefficient (Wildman–Crippen LogP) is 3.86. The number of hydrogen-bond acceptors (Lipinski definition) is 6. The fourth-order valence-corrected chi connectivity index (χ4v) is 4.84. The van der Waals surface area contributed by atoms with E-state index >= 15 is 0 Å². The second-order valence-corrected chi connectivity index (χ2v) is 9.36. The molecule has 3 fully saturated rings. The van der Waals surface area contributed by atoms with Gasteiger partial charge in [0.25, 0.3) is 5.91 Å². The highest BCUT2D eigenvalue weighted by molar-refractivity contribution is 5.99. The molecule has 0 aromatic heterocycles. The van der Waals surface area contributed by atoms with Crippen molar-refractivity contribution in [2.45, 2.75) is 43.8 Å². The number of methoxy groups -OCH3 is 2. The number of hydrogen-bond donors (Lipinski definition) is 0. The summed E-state index contributed by atoms with van der Waals surface area (Å²) in [7, 11) is 3.39. The Hall–Kier alpha value is -2.77. The molecule has 2 aromatic rings. The molecule has 2 heterocycles. The zero-order chi connectivity index (χ0) is 23.5. The van der Waals surface area contributed by atoms with Crippen molar-refractivity contribution < 1.29 is 23.7 Å². The number of benzene rings is 2. The minimum absolute atomic E-state index is 0.0243. The average Bonchev–Trinajstić information content (AvgIpc) is 3.52. The number of amides is 1. The van der Waals surface area contributed by atoms with E-state index in [1.807, 2.05) is 30.3 Å². The maximum atomic E-state index is 13.1. The first-order valence-corrected chi connectivity index (χ1v) is 12.3. The molecule has 5 rings (SSSR count). The summed E-state index contributed by atoms with van der Waals surface area (Å²) in [5, 5.41) is 0. The SMILES string of the molecule is COc1cc(N2CC[C@H](Oc3ccc(C4CC4)cc3)C2=O)ccc1OCCN1CCC(OC)C1. The molecular formula is C27H34N2O5. The molecule has 2 aliphatic heterocycles. The summed E-state index contributed by atoms with van der Waals surface area (Å²) in [5.74, 6) is 2.75. The van der Waals surface area contributed by atoms with Crippen LogP contribution in [0.1, 0.15) is 37.2 Å². The Kier molecular flexibility index (Phi) is 6.92. The van der Waals surface area contributed by atoms with Gasteiger partial charge in [-0.25, -0.2) is 0 Å². The lowest BCUT2D eigenvalue weighted by Gasteiger charge is -2.20. The Labute approximate surface area is 201 Å². The van der Waals surface area contributed by atoms with Crippen LogP contribution in [0.15, 0.2) is 42.5 Å². The minimum Gasteiger partial charge on any atom is -0.493 e. The van der Waals surface area contributed by atoms with E-state index < -0.39 is 6.10 Å². The number of carbonyl (C=O) groups is 1. The molecule has 1 unspecified atom stereocenters. The van der Waals surface area contributed by atoms with Gasteiger partial charge in [-0.3, -0.25) is 9.69 Å². The Bertz CT molecular complexity index is 991. The molecule has 34 heavy (non-hydrogen) atoms. The van der Waals surface area contributed by atoms with Crippen LogP contribution in [0.3, 0.4) is 0 Å². The molecule has 0 N–H and O–H groups in total. The van der Waals surface area contributed by atoms with Crippen LogP contribution in [0, 0.1) is 0 Å². The molecule has 0 radical (unpaired) electrons. The summed E-state index contributed by atoms with van der Waals surface area (Å²) in [5.41, 5.74) is 2.16. The van der Waals surface area contributed by atoms with Gasteiger partial charge in [-0.15, -0.1) is 0 Å². The monoisotopic (exact) mass is 466 g/mol. The van der Waals surface area contributed by atoms with Crippen molar-refractivity contribution in [3.8, 4) is 17.2 Å². The average molecular weight is 467 g/mol. The van der Waals surface area contributed by atoms with Crippen LogP contribution in [0.5, 0.6) is 17.2 Å². The number of anilines is 1. The molecule has 2 aromatic carbocycles. The van der Waals surface area contributed by atoms with E-state index in [2.05, 4.69) is 17.0 Å². The van der Waals surface area contributed by atoms with Gasteiger partial charge in [-0.05, 0) is 55.0 Å². The van der Waals surface area contributed by atoms with E-state index in [1.54, 1.807) is 19.1 Å². The van der Waals surface area contributed by atoms with Gasteiger partial charge in [0.15, 0.2) is 17.6 Å². The Morgan fingerprint density at radius 3 is 2.47 bits per heavy atom. The van der Waals surface area contributed by atoms with E-state index in [0.29, 0.717) is 43.1 Å². The van der Waals surface area contributed by atoms with E-state index in [0.717, 1.165) is 37.5 Å². The molecule has 2 atom stereocenters. The maximum Gasteiger partial charge on any atom is 0.268 e. The van der Waals surface area contributed by atoms with Crippen LogP contribution in [0.2, 0.25) is 0 Å². The van der Waals surface area contributed by atoms with Gasteiger partial charge in [0.2, 0.25) is 0 Å². The molecule has 0 spiro atoms. The number of nitrogens with zero attached hydrogens (tertiary/aromatic N) is 2. The molecule has 3 aliphatic rings. The highest BCUT2D eigenvalue weighted by Crippen LogP contribution is 2.40. The van der Waals surface area contributed by atoms with Crippen molar-refractivity contribution in [1.82, 2.24) is 4.90 Å². The van der Waals surface area contributed by atoms with Gasteiger partial charge in [0.05, 0.1) is 13.2 Å². The van der Waals surface area contributed by atoms with E-state index in [9.17, 15) is 4.79 Å². The molecule has 1 aliphatic carbocycles. The smallest absolute Gasteiger partial charge is 0.268 e. The lowest BCUT2D eigenvalue weighted by molar-refractivity contribution is -0.122. The van der Waals surface area contributed by atoms with Crippen molar-refractivity contribution in [2.75, 3.05) is 51.9 Å². The van der Waals surface area contributed by atoms with Gasteiger partial charge < -0.3 is 23.8 Å². The van der Waals surface area contributed by atoms with Crippen molar-refractivity contribution in [2.24, 2.45) is 0 Å². The van der Waals surface area contributed by atoms with Gasteiger partial charge in [0, 0.05) is 51.5 Å². The maximum absolute atomic E-state index is 13.1. The van der Waals surface area contributed by atoms with Crippen molar-refractivity contribution in [1.29, 1.82) is 0 Å². The molecule has 1 amide bonds. The molecule has 2 saturated heterocycles. The normalized spacial score (nSPS) is 22.9. The zero-order valence-corrected chi connectivity index (χ0v) is 20.1. The second-order valence-electron chi connectivity index (χ2n) is 9.36. The van der Waals surface area contributed by atoms with Gasteiger partial charge in [-0.2, -0.15) is 0 Å². The predicted molar refractivity (Wildman–Crippen MR) is 130 cm³/mol. The van der Waals surface area contributed by atoms with Crippen LogP contribution in [-0.2, 0) is 9.53 Å². The molecule has 7 nitrogen and oxygen atoms in total. The zero-order valence-electron chi connectivity index (χ0n) is 20.1. The third-order valence-electron chi connectivity index (χ3n) is 7.05. The minimum atomic E-state index is -0.468. The van der Waals surface area contributed by atoms with Crippen LogP contribution < -0.4 is 19.1 Å². The summed E-state index contributed by atoms with van der Waals surface area (Å²) >= 11 is 0. The van der Waals surface area contributed by atoms with Gasteiger partial charge >= 0.3 is 0 Å². The van der Waals surface area contributed by atoms with Crippen LogP contribution in [0.4, 0.5) is 5.69 Å². The van der Waals surface area contributed by atoms with E-state index in [1.165, 1.54) is 18.4 Å². The van der Waals surface area contributed by atoms with Crippen LogP contribution in [-0.4, -0.2) is 70.0 Å². The first-order chi connectivity index (χ1) is 16.6.